The Morgan fingerprint density at radius 3 is 2.75 bits per heavy atom. The third-order valence-electron chi connectivity index (χ3n) is 2.71. The van der Waals surface area contributed by atoms with Crippen molar-refractivity contribution in [3.63, 3.8) is 0 Å². The lowest BCUT2D eigenvalue weighted by Crippen LogP contribution is -2.26. The summed E-state index contributed by atoms with van der Waals surface area (Å²) < 4.78 is 31.9. The van der Waals surface area contributed by atoms with Crippen molar-refractivity contribution in [3.05, 3.63) is 52.9 Å². The van der Waals surface area contributed by atoms with E-state index in [2.05, 4.69) is 4.72 Å². The standard InChI is InChI=1S/C13H14ClNO4S/c14-12-4-3-10(9-16)8-13(12)20(17,18)15-6-5-11-2-1-7-19-11/h1-4,7-8,15-16H,5-6,9H2. The molecule has 7 heteroatoms. The van der Waals surface area contributed by atoms with Crippen LogP contribution >= 0.6 is 11.6 Å². The summed E-state index contributed by atoms with van der Waals surface area (Å²) in [5.74, 6) is 0.697. The van der Waals surface area contributed by atoms with Crippen LogP contribution in [0, 0.1) is 0 Å². The first kappa shape index (κ1) is 15.1. The molecule has 0 bridgehead atoms. The maximum Gasteiger partial charge on any atom is 0.242 e. The Kier molecular flexibility index (Phi) is 4.82. The molecule has 0 aliphatic heterocycles. The van der Waals surface area contributed by atoms with Crippen molar-refractivity contribution in [2.45, 2.75) is 17.9 Å². The number of aliphatic hydroxyl groups excluding tert-OH is 1. The monoisotopic (exact) mass is 315 g/mol. The number of halogens is 1. The molecule has 0 saturated heterocycles. The fraction of sp³-hybridized carbons (Fsp3) is 0.231. The van der Waals surface area contributed by atoms with Gasteiger partial charge in [-0.2, -0.15) is 0 Å². The van der Waals surface area contributed by atoms with Gasteiger partial charge >= 0.3 is 0 Å². The van der Waals surface area contributed by atoms with Crippen LogP contribution in [0.2, 0.25) is 5.02 Å². The Morgan fingerprint density at radius 1 is 1.30 bits per heavy atom. The summed E-state index contributed by atoms with van der Waals surface area (Å²) in [5.41, 5.74) is 0.487. The number of hydrogen-bond donors (Lipinski definition) is 2. The predicted molar refractivity (Wildman–Crippen MR) is 75.0 cm³/mol. The maximum atomic E-state index is 12.1. The zero-order valence-corrected chi connectivity index (χ0v) is 12.1. The van der Waals surface area contributed by atoms with Crippen LogP contribution in [0.4, 0.5) is 0 Å². The molecule has 0 fully saturated rings. The molecule has 20 heavy (non-hydrogen) atoms. The zero-order valence-electron chi connectivity index (χ0n) is 10.5. The Labute approximate surface area is 122 Å². The van der Waals surface area contributed by atoms with Gasteiger partial charge in [0.25, 0.3) is 0 Å². The van der Waals surface area contributed by atoms with Gasteiger partial charge < -0.3 is 9.52 Å². The van der Waals surface area contributed by atoms with Crippen LogP contribution < -0.4 is 4.72 Å². The number of aliphatic hydroxyl groups is 1. The van der Waals surface area contributed by atoms with Gasteiger partial charge in [0.05, 0.1) is 17.9 Å². The van der Waals surface area contributed by atoms with E-state index >= 15 is 0 Å². The van der Waals surface area contributed by atoms with Crippen molar-refractivity contribution >= 4 is 21.6 Å². The molecule has 1 aromatic heterocycles. The summed E-state index contributed by atoms with van der Waals surface area (Å²) in [7, 11) is -3.71. The van der Waals surface area contributed by atoms with Crippen LogP contribution in [0.5, 0.6) is 0 Å². The van der Waals surface area contributed by atoms with E-state index in [1.807, 2.05) is 0 Å². The highest BCUT2D eigenvalue weighted by molar-refractivity contribution is 7.89. The lowest BCUT2D eigenvalue weighted by molar-refractivity contribution is 0.281. The number of sulfonamides is 1. The van der Waals surface area contributed by atoms with Crippen LogP contribution in [-0.4, -0.2) is 20.1 Å². The third kappa shape index (κ3) is 3.61. The molecule has 2 N–H and O–H groups in total. The van der Waals surface area contributed by atoms with Gasteiger partial charge in [-0.05, 0) is 29.8 Å². The van der Waals surface area contributed by atoms with Gasteiger partial charge in [-0.15, -0.1) is 0 Å². The highest BCUT2D eigenvalue weighted by atomic mass is 35.5. The first-order valence-electron chi connectivity index (χ1n) is 5.94. The molecule has 0 amide bonds. The van der Waals surface area contributed by atoms with E-state index in [1.54, 1.807) is 18.2 Å². The van der Waals surface area contributed by atoms with Crippen molar-refractivity contribution in [1.29, 1.82) is 0 Å². The predicted octanol–water partition coefficient (Wildman–Crippen LogP) is 1.95. The summed E-state index contributed by atoms with van der Waals surface area (Å²) in [6.45, 7) is -0.0401. The highest BCUT2D eigenvalue weighted by Gasteiger charge is 2.18. The average Bonchev–Trinajstić information content (AvgIpc) is 2.92. The second-order valence-corrected chi connectivity index (χ2v) is 6.29. The number of furan rings is 1. The summed E-state index contributed by atoms with van der Waals surface area (Å²) in [6, 6.07) is 7.90. The Bertz CT molecular complexity index is 668. The molecule has 0 unspecified atom stereocenters. The number of nitrogens with one attached hydrogen (secondary N) is 1. The molecule has 2 rings (SSSR count). The average molecular weight is 316 g/mol. The molecule has 0 spiro atoms. The van der Waals surface area contributed by atoms with Crippen molar-refractivity contribution < 1.29 is 17.9 Å². The molecule has 0 atom stereocenters. The van der Waals surface area contributed by atoms with Crippen LogP contribution in [0.3, 0.4) is 0 Å². The molecule has 1 aromatic carbocycles. The van der Waals surface area contributed by atoms with Crippen LogP contribution in [0.25, 0.3) is 0 Å². The van der Waals surface area contributed by atoms with Gasteiger partial charge in [0.15, 0.2) is 0 Å². The van der Waals surface area contributed by atoms with Crippen molar-refractivity contribution in [2.24, 2.45) is 0 Å². The van der Waals surface area contributed by atoms with Crippen LogP contribution in [-0.2, 0) is 23.1 Å². The number of benzene rings is 1. The second kappa shape index (κ2) is 6.41. The second-order valence-electron chi connectivity index (χ2n) is 4.15. The van der Waals surface area contributed by atoms with E-state index in [-0.39, 0.29) is 23.1 Å². The molecular formula is C13H14ClNO4S. The van der Waals surface area contributed by atoms with Gasteiger partial charge in [0.2, 0.25) is 10.0 Å². The SMILES string of the molecule is O=S(=O)(NCCc1ccco1)c1cc(CO)ccc1Cl. The van der Waals surface area contributed by atoms with Crippen molar-refractivity contribution in [1.82, 2.24) is 4.72 Å². The van der Waals surface area contributed by atoms with Crippen molar-refractivity contribution in [2.75, 3.05) is 6.54 Å². The van der Waals surface area contributed by atoms with E-state index in [0.29, 0.717) is 17.7 Å². The minimum Gasteiger partial charge on any atom is -0.469 e. The fourth-order valence-electron chi connectivity index (χ4n) is 1.69. The van der Waals surface area contributed by atoms with E-state index < -0.39 is 10.0 Å². The molecule has 0 aliphatic carbocycles. The molecule has 0 aliphatic rings. The summed E-state index contributed by atoms with van der Waals surface area (Å²) >= 11 is 5.90. The Hall–Kier alpha value is -1.34. The Morgan fingerprint density at radius 2 is 2.10 bits per heavy atom. The van der Waals surface area contributed by atoms with E-state index in [1.165, 1.54) is 18.4 Å². The largest absolute Gasteiger partial charge is 0.469 e. The van der Waals surface area contributed by atoms with Crippen LogP contribution in [0.1, 0.15) is 11.3 Å². The van der Waals surface area contributed by atoms with Gasteiger partial charge in [0, 0.05) is 13.0 Å². The lowest BCUT2D eigenvalue weighted by Gasteiger charge is -2.09. The zero-order chi connectivity index (χ0) is 14.6. The lowest BCUT2D eigenvalue weighted by atomic mass is 10.2. The highest BCUT2D eigenvalue weighted by Crippen LogP contribution is 2.22. The smallest absolute Gasteiger partial charge is 0.242 e. The molecule has 0 saturated carbocycles. The summed E-state index contributed by atoms with van der Waals surface area (Å²) in [4.78, 5) is -0.0369. The quantitative estimate of drug-likeness (QED) is 0.854. The minimum absolute atomic E-state index is 0.0369. The first-order valence-corrected chi connectivity index (χ1v) is 7.80. The van der Waals surface area contributed by atoms with E-state index in [4.69, 9.17) is 21.1 Å². The fourth-order valence-corrected chi connectivity index (χ4v) is 3.27. The first-order chi connectivity index (χ1) is 9.53. The summed E-state index contributed by atoms with van der Waals surface area (Å²) in [6.07, 6.45) is 1.98. The van der Waals surface area contributed by atoms with Crippen molar-refractivity contribution in [3.8, 4) is 0 Å². The van der Waals surface area contributed by atoms with Gasteiger partial charge in [-0.25, -0.2) is 13.1 Å². The molecule has 2 aromatic rings. The third-order valence-corrected chi connectivity index (χ3v) is 4.65. The number of rotatable bonds is 6. The summed E-state index contributed by atoms with van der Waals surface area (Å²) in [5, 5.41) is 9.17. The molecule has 5 nitrogen and oxygen atoms in total. The van der Waals surface area contributed by atoms with Gasteiger partial charge in [0.1, 0.15) is 10.7 Å². The van der Waals surface area contributed by atoms with Gasteiger partial charge in [-0.3, -0.25) is 0 Å². The van der Waals surface area contributed by atoms with E-state index in [9.17, 15) is 8.42 Å². The molecule has 1 heterocycles. The number of hydrogen-bond acceptors (Lipinski definition) is 4. The maximum absolute atomic E-state index is 12.1. The minimum atomic E-state index is -3.71. The van der Waals surface area contributed by atoms with Gasteiger partial charge in [-0.1, -0.05) is 17.7 Å². The van der Waals surface area contributed by atoms with Crippen LogP contribution in [0.15, 0.2) is 45.9 Å². The Balaban J connectivity index is 2.09. The molecule has 0 radical (unpaired) electrons. The topological polar surface area (TPSA) is 79.5 Å². The molecular weight excluding hydrogens is 302 g/mol. The van der Waals surface area contributed by atoms with E-state index in [0.717, 1.165) is 0 Å². The molecule has 108 valence electrons. The normalized spacial score (nSPS) is 11.7.